The zero-order valence-corrected chi connectivity index (χ0v) is 26.1. The van der Waals surface area contributed by atoms with Gasteiger partial charge in [-0.15, -0.1) is 0 Å². The molecule has 5 rings (SSSR count). The number of amides is 1. The van der Waals surface area contributed by atoms with Gasteiger partial charge in [0.15, 0.2) is 0 Å². The first-order chi connectivity index (χ1) is 20.5. The van der Waals surface area contributed by atoms with E-state index in [1.54, 1.807) is 6.92 Å². The number of halogens is 1. The van der Waals surface area contributed by atoms with Crippen LogP contribution in [0.15, 0.2) is 46.4 Å². The molecule has 1 amide bonds. The summed E-state index contributed by atoms with van der Waals surface area (Å²) in [6.45, 7) is 10.2. The SMILES string of the molecule is Cc1cc(OCCCC2=C(C(=O)NCc3cc(C(=O)O)c(C)o3)Cc3c2cccc3-c2c(C)nn(C)c2C)cc(C)c1Cl. The predicted octanol–water partition coefficient (Wildman–Crippen LogP) is 7.06. The van der Waals surface area contributed by atoms with E-state index in [0.717, 1.165) is 61.1 Å². The number of ether oxygens (including phenoxy) is 1. The van der Waals surface area contributed by atoms with Crippen molar-refractivity contribution in [1.29, 1.82) is 0 Å². The Morgan fingerprint density at radius 2 is 1.79 bits per heavy atom. The maximum absolute atomic E-state index is 13.7. The summed E-state index contributed by atoms with van der Waals surface area (Å²) in [5.74, 6) is 0.216. The molecule has 2 N–H and O–H groups in total. The van der Waals surface area contributed by atoms with Crippen LogP contribution in [-0.4, -0.2) is 33.4 Å². The van der Waals surface area contributed by atoms with Crippen molar-refractivity contribution in [1.82, 2.24) is 15.1 Å². The summed E-state index contributed by atoms with van der Waals surface area (Å²) in [6.07, 6.45) is 1.84. The van der Waals surface area contributed by atoms with Crippen molar-refractivity contribution in [2.75, 3.05) is 6.61 Å². The van der Waals surface area contributed by atoms with Crippen molar-refractivity contribution in [3.63, 3.8) is 0 Å². The van der Waals surface area contributed by atoms with Crippen LogP contribution in [0.25, 0.3) is 16.7 Å². The molecule has 224 valence electrons. The molecule has 0 saturated heterocycles. The Bertz CT molecular complexity index is 1760. The van der Waals surface area contributed by atoms with Gasteiger partial charge in [-0.3, -0.25) is 9.48 Å². The third-order valence-electron chi connectivity index (χ3n) is 8.14. The first kappa shape index (κ1) is 30.2. The number of aromatic carboxylic acids is 1. The largest absolute Gasteiger partial charge is 0.494 e. The van der Waals surface area contributed by atoms with E-state index >= 15 is 0 Å². The quantitative estimate of drug-likeness (QED) is 0.188. The van der Waals surface area contributed by atoms with Gasteiger partial charge in [-0.05, 0) is 99.0 Å². The summed E-state index contributed by atoms with van der Waals surface area (Å²) in [7, 11) is 1.94. The number of nitrogens with zero attached hydrogens (tertiary/aromatic N) is 2. The first-order valence-electron chi connectivity index (χ1n) is 14.3. The number of carboxylic acid groups (broad SMARTS) is 1. The number of hydrogen-bond acceptors (Lipinski definition) is 5. The molecule has 4 aromatic rings. The minimum absolute atomic E-state index is 0.0894. The highest BCUT2D eigenvalue weighted by atomic mass is 35.5. The summed E-state index contributed by atoms with van der Waals surface area (Å²) in [5, 5.41) is 17.7. The van der Waals surface area contributed by atoms with Gasteiger partial charge in [0.25, 0.3) is 0 Å². The number of hydrogen-bond donors (Lipinski definition) is 2. The molecule has 1 aliphatic carbocycles. The lowest BCUT2D eigenvalue weighted by Gasteiger charge is -2.13. The Morgan fingerprint density at radius 1 is 1.09 bits per heavy atom. The van der Waals surface area contributed by atoms with Gasteiger partial charge in [0, 0.05) is 35.3 Å². The summed E-state index contributed by atoms with van der Waals surface area (Å²) < 4.78 is 13.5. The molecule has 0 bridgehead atoms. The van der Waals surface area contributed by atoms with E-state index in [1.165, 1.54) is 6.07 Å². The van der Waals surface area contributed by atoms with Crippen molar-refractivity contribution < 1.29 is 23.8 Å². The van der Waals surface area contributed by atoms with Gasteiger partial charge in [-0.1, -0.05) is 29.8 Å². The summed E-state index contributed by atoms with van der Waals surface area (Å²) in [6, 6.07) is 11.6. The van der Waals surface area contributed by atoms with Crippen LogP contribution in [0.1, 0.15) is 68.4 Å². The van der Waals surface area contributed by atoms with Crippen LogP contribution in [0.5, 0.6) is 5.75 Å². The van der Waals surface area contributed by atoms with Gasteiger partial charge in [-0.2, -0.15) is 5.10 Å². The van der Waals surface area contributed by atoms with Crippen molar-refractivity contribution in [2.45, 2.75) is 60.4 Å². The monoisotopic (exact) mass is 601 g/mol. The molecular weight excluding hydrogens is 566 g/mol. The number of aryl methyl sites for hydroxylation is 5. The predicted molar refractivity (Wildman–Crippen MR) is 167 cm³/mol. The molecular formula is C34H36ClN3O5. The van der Waals surface area contributed by atoms with Gasteiger partial charge in [0.1, 0.15) is 22.8 Å². The standard InChI is InChI=1S/C34H36ClN3O5/c1-18-13-23(14-19(2)32(18)35)42-12-8-11-26-25-9-7-10-27(31-20(3)37-38(6)21(31)4)29(25)16-30(26)33(39)36-17-24-15-28(34(40)41)22(5)43-24/h7,9-10,13-15H,8,11-12,16-17H2,1-6H3,(H,36,39)(H,40,41). The highest BCUT2D eigenvalue weighted by molar-refractivity contribution is 6.32. The zero-order valence-electron chi connectivity index (χ0n) is 25.4. The molecule has 9 heteroatoms. The zero-order chi connectivity index (χ0) is 31.0. The second kappa shape index (κ2) is 12.1. The molecule has 2 heterocycles. The van der Waals surface area contributed by atoms with E-state index in [2.05, 4.69) is 29.5 Å². The minimum atomic E-state index is -1.06. The number of nitrogens with one attached hydrogen (secondary N) is 1. The molecule has 8 nitrogen and oxygen atoms in total. The van der Waals surface area contributed by atoms with Crippen LogP contribution < -0.4 is 10.1 Å². The van der Waals surface area contributed by atoms with Crippen molar-refractivity contribution in [3.8, 4) is 16.9 Å². The number of carbonyl (C=O) groups is 2. The van der Waals surface area contributed by atoms with E-state index in [1.807, 2.05) is 50.7 Å². The smallest absolute Gasteiger partial charge is 0.339 e. The number of aromatic nitrogens is 2. The van der Waals surface area contributed by atoms with Crippen molar-refractivity contribution in [2.24, 2.45) is 7.05 Å². The van der Waals surface area contributed by atoms with E-state index in [9.17, 15) is 14.7 Å². The minimum Gasteiger partial charge on any atom is -0.494 e. The van der Waals surface area contributed by atoms with Gasteiger partial charge < -0.3 is 19.6 Å². The Labute approximate surface area is 256 Å². The fraction of sp³-hybridized carbons (Fsp3) is 0.324. The number of benzene rings is 2. The molecule has 0 atom stereocenters. The molecule has 43 heavy (non-hydrogen) atoms. The molecule has 0 radical (unpaired) electrons. The van der Waals surface area contributed by atoms with Crippen LogP contribution in [-0.2, 0) is 24.8 Å². The number of furan rings is 1. The second-order valence-electron chi connectivity index (χ2n) is 11.1. The number of fused-ring (bicyclic) bond motifs is 1. The fourth-order valence-electron chi connectivity index (χ4n) is 5.95. The Balaban J connectivity index is 1.41. The average molecular weight is 602 g/mol. The van der Waals surface area contributed by atoms with E-state index < -0.39 is 5.97 Å². The Hall–Kier alpha value is -4.30. The van der Waals surface area contributed by atoms with Crippen LogP contribution in [0, 0.1) is 34.6 Å². The maximum Gasteiger partial charge on any atom is 0.339 e. The Morgan fingerprint density at radius 3 is 2.42 bits per heavy atom. The first-order valence-corrected chi connectivity index (χ1v) is 14.7. The number of allylic oxidation sites excluding steroid dienone is 1. The highest BCUT2D eigenvalue weighted by Crippen LogP contribution is 2.42. The molecule has 0 fully saturated rings. The topological polar surface area (TPSA) is 107 Å². The van der Waals surface area contributed by atoms with E-state index in [0.29, 0.717) is 43.0 Å². The molecule has 0 unspecified atom stereocenters. The highest BCUT2D eigenvalue weighted by Gasteiger charge is 2.29. The van der Waals surface area contributed by atoms with Crippen LogP contribution >= 0.6 is 11.6 Å². The van der Waals surface area contributed by atoms with Crippen LogP contribution in [0.3, 0.4) is 0 Å². The van der Waals surface area contributed by atoms with Gasteiger partial charge in [0.2, 0.25) is 5.91 Å². The van der Waals surface area contributed by atoms with Gasteiger partial charge >= 0.3 is 5.97 Å². The molecule has 2 aromatic heterocycles. The third kappa shape index (κ3) is 5.97. The van der Waals surface area contributed by atoms with Gasteiger partial charge in [-0.25, -0.2) is 4.79 Å². The summed E-state index contributed by atoms with van der Waals surface area (Å²) >= 11 is 6.32. The number of rotatable bonds is 10. The molecule has 1 aliphatic rings. The molecule has 2 aromatic carbocycles. The third-order valence-corrected chi connectivity index (χ3v) is 8.74. The summed E-state index contributed by atoms with van der Waals surface area (Å²) in [5.41, 5.74) is 10.1. The lowest BCUT2D eigenvalue weighted by atomic mass is 9.93. The molecule has 0 spiro atoms. The normalized spacial score (nSPS) is 12.5. The second-order valence-corrected chi connectivity index (χ2v) is 11.5. The molecule has 0 aliphatic heterocycles. The van der Waals surface area contributed by atoms with E-state index in [4.69, 9.17) is 20.8 Å². The van der Waals surface area contributed by atoms with Crippen molar-refractivity contribution in [3.05, 3.63) is 97.7 Å². The lowest BCUT2D eigenvalue weighted by molar-refractivity contribution is -0.117. The fourth-order valence-corrected chi connectivity index (χ4v) is 6.06. The van der Waals surface area contributed by atoms with E-state index in [-0.39, 0.29) is 18.0 Å². The van der Waals surface area contributed by atoms with Crippen LogP contribution in [0.2, 0.25) is 5.02 Å². The molecule has 0 saturated carbocycles. The average Bonchev–Trinajstić information content (AvgIpc) is 3.60. The Kier molecular flexibility index (Phi) is 8.51. The van der Waals surface area contributed by atoms with Crippen LogP contribution in [0.4, 0.5) is 0 Å². The number of carbonyl (C=O) groups excluding carboxylic acids is 1. The van der Waals surface area contributed by atoms with Gasteiger partial charge in [0.05, 0.1) is 18.8 Å². The maximum atomic E-state index is 13.7. The number of carboxylic acids is 1. The lowest BCUT2D eigenvalue weighted by Crippen LogP contribution is -2.25. The van der Waals surface area contributed by atoms with Crippen molar-refractivity contribution >= 4 is 29.1 Å². The summed E-state index contributed by atoms with van der Waals surface area (Å²) in [4.78, 5) is 25.1.